The van der Waals surface area contributed by atoms with Gasteiger partial charge < -0.3 is 14.6 Å². The molecule has 0 radical (unpaired) electrons. The minimum Gasteiger partial charge on any atom is -0.502 e. The number of alkyl halides is 2. The van der Waals surface area contributed by atoms with Gasteiger partial charge in [0.05, 0.1) is 26.1 Å². The molecule has 3 fully saturated rings. The molecule has 2 aromatic carbocycles. The van der Waals surface area contributed by atoms with Gasteiger partial charge in [0.1, 0.15) is 5.69 Å². The summed E-state index contributed by atoms with van der Waals surface area (Å²) in [4.78, 5) is 48.1. The van der Waals surface area contributed by atoms with E-state index < -0.39 is 98.2 Å². The van der Waals surface area contributed by atoms with Crippen LogP contribution >= 0.6 is 23.2 Å². The van der Waals surface area contributed by atoms with E-state index in [1.54, 1.807) is 6.08 Å². The summed E-state index contributed by atoms with van der Waals surface area (Å²) in [5.74, 6) is -21.5. The Kier molecular flexibility index (Phi) is 7.39. The molecule has 2 aliphatic heterocycles. The molecule has 4 amide bonds. The molecule has 6 rings (SSSR count). The third kappa shape index (κ3) is 4.05. The Hall–Kier alpha value is -4.17. The summed E-state index contributed by atoms with van der Waals surface area (Å²) in [5, 5.41) is 12.5. The molecule has 2 saturated heterocycles. The number of phenolic OH excluding ortho intramolecular Hbond substituents is 1. The third-order valence-electron chi connectivity index (χ3n) is 9.10. The Morgan fingerprint density at radius 1 is 0.891 bits per heavy atom. The highest BCUT2D eigenvalue weighted by Gasteiger charge is 2.76. The number of phenols is 1. The van der Waals surface area contributed by atoms with Crippen LogP contribution in [0.4, 0.5) is 27.6 Å². The Morgan fingerprint density at radius 3 is 2.02 bits per heavy atom. The first kappa shape index (κ1) is 31.8. The van der Waals surface area contributed by atoms with Crippen LogP contribution in [0.1, 0.15) is 18.4 Å². The van der Waals surface area contributed by atoms with Crippen molar-refractivity contribution in [2.75, 3.05) is 19.1 Å². The molecule has 6 unspecified atom stereocenters. The van der Waals surface area contributed by atoms with E-state index in [1.165, 1.54) is 38.5 Å². The number of hydrogen-bond donors (Lipinski definition) is 2. The number of methoxy groups -OCH3 is 2. The number of nitrogens with zero attached hydrogens (tertiary/aromatic N) is 1. The first-order valence-corrected chi connectivity index (χ1v) is 14.4. The van der Waals surface area contributed by atoms with Crippen LogP contribution in [-0.2, 0) is 19.2 Å². The van der Waals surface area contributed by atoms with E-state index in [0.29, 0.717) is 5.56 Å². The number of aromatic hydroxyl groups is 1. The van der Waals surface area contributed by atoms with Crippen LogP contribution in [0.25, 0.3) is 6.08 Å². The zero-order valence-electron chi connectivity index (χ0n) is 23.6. The highest BCUT2D eigenvalue weighted by molar-refractivity contribution is 6.58. The van der Waals surface area contributed by atoms with Crippen LogP contribution in [0, 0.1) is 52.8 Å². The maximum Gasteiger partial charge on any atom is 0.258 e. The number of allylic oxidation sites excluding steroid dienone is 3. The molecule has 1 saturated carbocycles. The van der Waals surface area contributed by atoms with Crippen molar-refractivity contribution in [3.05, 3.63) is 64.5 Å². The lowest BCUT2D eigenvalue weighted by atomic mass is 9.57. The minimum absolute atomic E-state index is 0.0155. The van der Waals surface area contributed by atoms with E-state index >= 15 is 8.78 Å². The van der Waals surface area contributed by atoms with Crippen molar-refractivity contribution in [1.82, 2.24) is 5.32 Å². The fraction of sp³-hybridized carbons (Fsp3) is 0.333. The lowest BCUT2D eigenvalue weighted by molar-refractivity contribution is -0.127. The van der Waals surface area contributed by atoms with Gasteiger partial charge in [0.15, 0.2) is 44.5 Å². The molecule has 0 bridgehead atoms. The Bertz CT molecular complexity index is 1780. The van der Waals surface area contributed by atoms with E-state index in [2.05, 4.69) is 5.32 Å². The molecule has 2 heterocycles. The minimum atomic E-state index is -2.64. The van der Waals surface area contributed by atoms with Gasteiger partial charge in [0, 0.05) is 5.92 Å². The Balaban J connectivity index is 1.56. The standard InChI is InChI=1S/C30H21Cl2F5N2O7/c1-45-15-7-10(8-16(46-2)24(15)40)3-6-14-11-4-5-12-17(26(42)38-25(12)41)13(11)9-29(31)27(43)39(28(44)30(14,29)32)23-21(36)19(34)18(33)20(35)22(23)37/h3-4,6-8,12-14,17,40H,5,9H2,1-2H3,(H,38,41,42). The second kappa shape index (κ2) is 10.7. The first-order valence-electron chi connectivity index (χ1n) is 13.6. The molecular weight excluding hydrogens is 666 g/mol. The molecule has 16 heteroatoms. The van der Waals surface area contributed by atoms with E-state index in [4.69, 9.17) is 32.7 Å². The van der Waals surface area contributed by atoms with Crippen LogP contribution < -0.4 is 19.7 Å². The molecular formula is C30H21Cl2F5N2O7. The monoisotopic (exact) mass is 686 g/mol. The lowest BCUT2D eigenvalue weighted by Crippen LogP contribution is -2.60. The molecule has 242 valence electrons. The fourth-order valence-corrected chi connectivity index (χ4v) is 7.83. The van der Waals surface area contributed by atoms with Gasteiger partial charge in [-0.15, -0.1) is 23.2 Å². The summed E-state index contributed by atoms with van der Waals surface area (Å²) in [6.45, 7) is 0. The van der Waals surface area contributed by atoms with Crippen molar-refractivity contribution >= 4 is 58.6 Å². The van der Waals surface area contributed by atoms with E-state index in [-0.39, 0.29) is 34.1 Å². The Labute approximate surface area is 266 Å². The van der Waals surface area contributed by atoms with Gasteiger partial charge in [0.25, 0.3) is 11.8 Å². The number of rotatable bonds is 5. The number of carbonyl (C=O) groups excluding carboxylic acids is 4. The maximum atomic E-state index is 15.0. The highest BCUT2D eigenvalue weighted by Crippen LogP contribution is 2.63. The average Bonchev–Trinajstić information content (AvgIpc) is 3.40. The molecule has 2 aromatic rings. The molecule has 46 heavy (non-hydrogen) atoms. The first-order chi connectivity index (χ1) is 21.6. The fourth-order valence-electron chi connectivity index (χ4n) is 6.94. The summed E-state index contributed by atoms with van der Waals surface area (Å²) in [6, 6.07) is 2.75. The Morgan fingerprint density at radius 2 is 1.46 bits per heavy atom. The van der Waals surface area contributed by atoms with Gasteiger partial charge in [-0.1, -0.05) is 23.8 Å². The zero-order valence-corrected chi connectivity index (χ0v) is 25.1. The second-order valence-corrected chi connectivity index (χ2v) is 12.5. The van der Waals surface area contributed by atoms with Crippen LogP contribution in [0.5, 0.6) is 17.2 Å². The largest absolute Gasteiger partial charge is 0.502 e. The van der Waals surface area contributed by atoms with Gasteiger partial charge in [-0.25, -0.2) is 26.9 Å². The normalized spacial score (nSPS) is 30.3. The van der Waals surface area contributed by atoms with Crippen molar-refractivity contribution in [2.24, 2.45) is 23.7 Å². The van der Waals surface area contributed by atoms with Crippen molar-refractivity contribution in [3.8, 4) is 17.2 Å². The third-order valence-corrected chi connectivity index (χ3v) is 10.5. The predicted octanol–water partition coefficient (Wildman–Crippen LogP) is 4.50. The van der Waals surface area contributed by atoms with Gasteiger partial charge in [-0.3, -0.25) is 24.5 Å². The molecule has 0 aromatic heterocycles. The lowest BCUT2D eigenvalue weighted by Gasteiger charge is -2.49. The molecule has 0 spiro atoms. The van der Waals surface area contributed by atoms with E-state index in [1.807, 2.05) is 0 Å². The number of carbonyl (C=O) groups is 4. The van der Waals surface area contributed by atoms with Crippen LogP contribution in [0.3, 0.4) is 0 Å². The van der Waals surface area contributed by atoms with Crippen LogP contribution in [0.2, 0.25) is 0 Å². The molecule has 4 aliphatic rings. The molecule has 6 atom stereocenters. The summed E-state index contributed by atoms with van der Waals surface area (Å²) in [7, 11) is 2.55. The molecule has 2 aliphatic carbocycles. The summed E-state index contributed by atoms with van der Waals surface area (Å²) in [5.41, 5.74) is -1.28. The van der Waals surface area contributed by atoms with Crippen LogP contribution in [-0.4, -0.2) is 52.7 Å². The number of imide groups is 2. The van der Waals surface area contributed by atoms with E-state index in [9.17, 15) is 37.5 Å². The average molecular weight is 687 g/mol. The molecule has 9 nitrogen and oxygen atoms in total. The quantitative estimate of drug-likeness (QED) is 0.119. The van der Waals surface area contributed by atoms with Crippen LogP contribution in [0.15, 0.2) is 29.9 Å². The van der Waals surface area contributed by atoms with Gasteiger partial charge in [0.2, 0.25) is 23.4 Å². The molecule has 2 N–H and O–H groups in total. The van der Waals surface area contributed by atoms with Gasteiger partial charge in [-0.2, -0.15) is 0 Å². The number of benzene rings is 2. The maximum absolute atomic E-state index is 15.0. The number of nitrogens with one attached hydrogen (secondary N) is 1. The number of anilines is 1. The van der Waals surface area contributed by atoms with Gasteiger partial charge in [-0.05, 0) is 36.5 Å². The summed E-state index contributed by atoms with van der Waals surface area (Å²) < 4.78 is 82.8. The number of halogens is 7. The summed E-state index contributed by atoms with van der Waals surface area (Å²) in [6.07, 6.45) is 3.66. The van der Waals surface area contributed by atoms with Crippen molar-refractivity contribution in [3.63, 3.8) is 0 Å². The number of hydrogen-bond acceptors (Lipinski definition) is 7. The van der Waals surface area contributed by atoms with Crippen molar-refractivity contribution in [2.45, 2.75) is 22.6 Å². The second-order valence-electron chi connectivity index (χ2n) is 11.2. The summed E-state index contributed by atoms with van der Waals surface area (Å²) >= 11 is 13.9. The predicted molar refractivity (Wildman–Crippen MR) is 151 cm³/mol. The number of fused-ring (bicyclic) bond motifs is 4. The zero-order chi connectivity index (χ0) is 33.6. The van der Waals surface area contributed by atoms with Crippen molar-refractivity contribution < 1.29 is 55.7 Å². The van der Waals surface area contributed by atoms with Gasteiger partial charge >= 0.3 is 0 Å². The SMILES string of the molecule is COc1cc(C=CC2C3=CCC4C(=O)NC(=O)C4C3CC3(Cl)C(=O)N(c4c(F)c(F)c(F)c(F)c4F)C(=O)C23Cl)cc(OC)c1O. The number of ether oxygens (including phenoxy) is 2. The van der Waals surface area contributed by atoms with E-state index in [0.717, 1.165) is 0 Å². The smallest absolute Gasteiger partial charge is 0.258 e. The topological polar surface area (TPSA) is 122 Å². The number of amides is 4. The highest BCUT2D eigenvalue weighted by atomic mass is 35.5. The van der Waals surface area contributed by atoms with Crippen molar-refractivity contribution in [1.29, 1.82) is 0 Å².